The first kappa shape index (κ1) is 26.9. The lowest BCUT2D eigenvalue weighted by Gasteiger charge is -2.38. The van der Waals surface area contributed by atoms with Gasteiger partial charge < -0.3 is 15.0 Å². The molecule has 1 saturated heterocycles. The fraction of sp³-hybridized carbons (Fsp3) is 0.216. The number of rotatable bonds is 6. The van der Waals surface area contributed by atoms with E-state index in [2.05, 4.69) is 5.32 Å². The summed E-state index contributed by atoms with van der Waals surface area (Å²) in [5.41, 5.74) is 3.89. The molecule has 1 fully saturated rings. The predicted octanol–water partition coefficient (Wildman–Crippen LogP) is 6.76. The molecule has 4 atom stereocenters. The second-order valence-corrected chi connectivity index (χ2v) is 11.9. The molecule has 0 saturated carbocycles. The number of carbonyl (C=O) groups excluding carboxylic acids is 3. The number of carbonyl (C=O) groups is 3. The number of nitrogens with one attached hydrogen (secondary N) is 1. The van der Waals surface area contributed by atoms with Gasteiger partial charge in [-0.1, -0.05) is 72.3 Å². The molecule has 7 rings (SSSR count). The van der Waals surface area contributed by atoms with Crippen LogP contribution in [0.2, 0.25) is 0 Å². The fourth-order valence-electron chi connectivity index (χ4n) is 7.21. The van der Waals surface area contributed by atoms with Crippen LogP contribution in [0.5, 0.6) is 5.75 Å². The second-order valence-electron chi connectivity index (χ2n) is 11.9. The first-order chi connectivity index (χ1) is 20.8. The molecule has 0 radical (unpaired) electrons. The third-order valence-corrected chi connectivity index (χ3v) is 8.97. The maximum absolute atomic E-state index is 14.8. The second kappa shape index (κ2) is 10.1. The number of hydrogen-bond donors (Lipinski definition) is 1. The maximum Gasteiger partial charge on any atom is 0.238 e. The van der Waals surface area contributed by atoms with E-state index in [4.69, 9.17) is 4.74 Å². The van der Waals surface area contributed by atoms with Crippen molar-refractivity contribution in [2.24, 2.45) is 5.92 Å². The fourth-order valence-corrected chi connectivity index (χ4v) is 7.21. The van der Waals surface area contributed by atoms with Gasteiger partial charge in [-0.2, -0.15) is 0 Å². The van der Waals surface area contributed by atoms with Crippen molar-refractivity contribution in [3.05, 3.63) is 137 Å². The quantitative estimate of drug-likeness (QED) is 0.260. The van der Waals surface area contributed by atoms with Crippen LogP contribution in [0, 0.1) is 12.8 Å². The minimum Gasteiger partial charge on any atom is -0.491 e. The van der Waals surface area contributed by atoms with Crippen LogP contribution in [0.3, 0.4) is 0 Å². The molecule has 1 spiro atoms. The van der Waals surface area contributed by atoms with E-state index in [1.807, 2.05) is 98.6 Å². The molecule has 3 heterocycles. The average Bonchev–Trinajstić information content (AvgIpc) is 3.49. The predicted molar refractivity (Wildman–Crippen MR) is 166 cm³/mol. The van der Waals surface area contributed by atoms with E-state index in [9.17, 15) is 14.4 Å². The molecule has 1 amide bonds. The van der Waals surface area contributed by atoms with Gasteiger partial charge >= 0.3 is 0 Å². The monoisotopic (exact) mass is 568 g/mol. The molecule has 3 aliphatic heterocycles. The first-order valence-electron chi connectivity index (χ1n) is 14.7. The van der Waals surface area contributed by atoms with Gasteiger partial charge in [0.25, 0.3) is 0 Å². The zero-order valence-electron chi connectivity index (χ0n) is 24.3. The van der Waals surface area contributed by atoms with Gasteiger partial charge in [-0.15, -0.1) is 0 Å². The number of hydrogen-bond acceptors (Lipinski definition) is 5. The Morgan fingerprint density at radius 3 is 2.23 bits per heavy atom. The Morgan fingerprint density at radius 2 is 1.49 bits per heavy atom. The van der Waals surface area contributed by atoms with Crippen LogP contribution in [-0.2, 0) is 10.2 Å². The smallest absolute Gasteiger partial charge is 0.238 e. The summed E-state index contributed by atoms with van der Waals surface area (Å²) in [5.74, 6) is -1.06. The molecule has 3 aliphatic rings. The molecule has 4 aromatic rings. The van der Waals surface area contributed by atoms with Crippen LogP contribution < -0.4 is 10.1 Å². The number of nitrogens with zero attached hydrogens (tertiary/aromatic N) is 1. The number of aryl methyl sites for hydroxylation is 1. The Bertz CT molecular complexity index is 1790. The minimum absolute atomic E-state index is 0.00647. The standard InChI is InChI=1S/C37H32N2O4/c1-22(2)43-27-18-16-26(17-19-27)34(41)32-31(33(40)25-14-12-23(3)13-15-25)37(29-10-6-7-11-30(29)38-36(37)42)35-28-9-5-4-8-24(28)20-21-39(32)35/h4-22,31-32,35H,1-3H3,(H,38,42)/t31-,32+,35-,37+/m0/s1. The molecule has 214 valence electrons. The number of anilines is 1. The molecule has 0 aliphatic carbocycles. The Morgan fingerprint density at radius 1 is 0.837 bits per heavy atom. The molecule has 0 aromatic heterocycles. The summed E-state index contributed by atoms with van der Waals surface area (Å²) in [6.07, 6.45) is 3.86. The molecular weight excluding hydrogens is 536 g/mol. The molecule has 0 unspecified atom stereocenters. The van der Waals surface area contributed by atoms with E-state index in [1.165, 1.54) is 0 Å². The highest BCUT2D eigenvalue weighted by molar-refractivity contribution is 6.16. The highest BCUT2D eigenvalue weighted by atomic mass is 16.5. The third-order valence-electron chi connectivity index (χ3n) is 8.97. The number of benzene rings is 4. The lowest BCUT2D eigenvalue weighted by Crippen LogP contribution is -2.49. The third kappa shape index (κ3) is 4.04. The SMILES string of the molecule is Cc1ccc(C(=O)[C@@H]2[C@H](C(=O)c3ccc(OC(C)C)cc3)N3C=Cc4ccccc4[C@H]3[C@]23C(=O)Nc2ccccc23)cc1. The first-order valence-corrected chi connectivity index (χ1v) is 14.7. The minimum atomic E-state index is -1.35. The maximum atomic E-state index is 14.8. The number of fused-ring (bicyclic) bond motifs is 6. The average molecular weight is 569 g/mol. The Kier molecular flexibility index (Phi) is 6.31. The summed E-state index contributed by atoms with van der Waals surface area (Å²) in [4.78, 5) is 46.0. The van der Waals surface area contributed by atoms with Gasteiger partial charge in [0.05, 0.1) is 18.1 Å². The van der Waals surface area contributed by atoms with Gasteiger partial charge in [-0.05, 0) is 73.9 Å². The summed E-state index contributed by atoms with van der Waals surface area (Å²) in [6, 6.07) is 28.4. The number of para-hydroxylation sites is 1. The Labute approximate surface area is 251 Å². The van der Waals surface area contributed by atoms with Crippen molar-refractivity contribution in [2.75, 3.05) is 5.32 Å². The van der Waals surface area contributed by atoms with Crippen molar-refractivity contribution in [3.8, 4) is 5.75 Å². The number of ether oxygens (including phenoxy) is 1. The molecule has 43 heavy (non-hydrogen) atoms. The summed E-state index contributed by atoms with van der Waals surface area (Å²) >= 11 is 0. The number of amides is 1. The molecule has 6 nitrogen and oxygen atoms in total. The number of Topliss-reactive ketones (excluding diaryl/α,β-unsaturated/α-hetero) is 2. The lowest BCUT2D eigenvalue weighted by atomic mass is 9.62. The van der Waals surface area contributed by atoms with E-state index in [0.717, 1.165) is 22.3 Å². The zero-order valence-corrected chi connectivity index (χ0v) is 24.3. The van der Waals surface area contributed by atoms with Gasteiger partial charge in [-0.25, -0.2) is 0 Å². The zero-order chi connectivity index (χ0) is 29.9. The van der Waals surface area contributed by atoms with Gasteiger partial charge in [0.15, 0.2) is 11.6 Å². The number of ketones is 2. The highest BCUT2D eigenvalue weighted by Crippen LogP contribution is 2.62. The molecular formula is C37H32N2O4. The van der Waals surface area contributed by atoms with Gasteiger partial charge in [0.2, 0.25) is 5.91 Å². The molecule has 6 heteroatoms. The van der Waals surface area contributed by atoms with Crippen molar-refractivity contribution in [2.45, 2.75) is 44.4 Å². The van der Waals surface area contributed by atoms with Crippen LogP contribution >= 0.6 is 0 Å². The largest absolute Gasteiger partial charge is 0.491 e. The van der Waals surface area contributed by atoms with E-state index < -0.39 is 23.4 Å². The summed E-state index contributed by atoms with van der Waals surface area (Å²) in [6.45, 7) is 5.86. The van der Waals surface area contributed by atoms with Gasteiger partial charge in [-0.3, -0.25) is 14.4 Å². The topological polar surface area (TPSA) is 75.7 Å². The van der Waals surface area contributed by atoms with E-state index in [0.29, 0.717) is 22.6 Å². The van der Waals surface area contributed by atoms with Crippen molar-refractivity contribution in [3.63, 3.8) is 0 Å². The summed E-state index contributed by atoms with van der Waals surface area (Å²) in [7, 11) is 0. The Hall–Kier alpha value is -4.97. The van der Waals surface area contributed by atoms with Crippen molar-refractivity contribution < 1.29 is 19.1 Å². The van der Waals surface area contributed by atoms with Crippen molar-refractivity contribution in [1.82, 2.24) is 4.90 Å². The Balaban J connectivity index is 1.47. The highest BCUT2D eigenvalue weighted by Gasteiger charge is 2.70. The molecule has 1 N–H and O–H groups in total. The normalized spacial score (nSPS) is 23.1. The van der Waals surface area contributed by atoms with E-state index in [-0.39, 0.29) is 23.6 Å². The summed E-state index contributed by atoms with van der Waals surface area (Å²) in [5, 5.41) is 3.09. The lowest BCUT2D eigenvalue weighted by molar-refractivity contribution is -0.122. The van der Waals surface area contributed by atoms with Crippen LogP contribution in [-0.4, -0.2) is 34.5 Å². The van der Waals surface area contributed by atoms with E-state index in [1.54, 1.807) is 36.4 Å². The van der Waals surface area contributed by atoms with Gasteiger partial charge in [0, 0.05) is 23.0 Å². The summed E-state index contributed by atoms with van der Waals surface area (Å²) < 4.78 is 5.82. The van der Waals surface area contributed by atoms with Crippen LogP contribution in [0.15, 0.2) is 103 Å². The van der Waals surface area contributed by atoms with Crippen molar-refractivity contribution in [1.29, 1.82) is 0 Å². The van der Waals surface area contributed by atoms with Crippen molar-refractivity contribution >= 4 is 29.2 Å². The van der Waals surface area contributed by atoms with Gasteiger partial charge in [0.1, 0.15) is 17.2 Å². The van der Waals surface area contributed by atoms with Crippen LogP contribution in [0.25, 0.3) is 6.08 Å². The van der Waals surface area contributed by atoms with E-state index >= 15 is 0 Å². The molecule has 4 aromatic carbocycles. The van der Waals surface area contributed by atoms with Crippen LogP contribution in [0.4, 0.5) is 5.69 Å². The molecule has 0 bridgehead atoms. The van der Waals surface area contributed by atoms with Crippen LogP contribution in [0.1, 0.15) is 62.9 Å².